The molecule has 5 aliphatic heterocycles. The fourth-order valence-electron chi connectivity index (χ4n) is 12.0. The zero-order valence-electron chi connectivity index (χ0n) is 38.3. The molecule has 3 N–H and O–H groups in total. The van der Waals surface area contributed by atoms with E-state index in [1.54, 1.807) is 34.5 Å². The Kier molecular flexibility index (Phi) is 11.6. The van der Waals surface area contributed by atoms with Gasteiger partial charge in [0.1, 0.15) is 35.4 Å². The zero-order valence-corrected chi connectivity index (χ0v) is 38.3. The Labute approximate surface area is 388 Å². The number of aromatic hydroxyl groups is 1. The highest BCUT2D eigenvalue weighted by molar-refractivity contribution is 6.02. The molecule has 5 fully saturated rings. The number of anilines is 2. The van der Waals surface area contributed by atoms with Crippen LogP contribution in [0.2, 0.25) is 0 Å². The lowest BCUT2D eigenvalue weighted by molar-refractivity contribution is -0.135. The Morgan fingerprint density at radius 3 is 2.37 bits per heavy atom. The number of rotatable bonds is 11. The van der Waals surface area contributed by atoms with Crippen LogP contribution in [-0.2, 0) is 23.1 Å². The van der Waals surface area contributed by atoms with Gasteiger partial charge in [0.15, 0.2) is 5.82 Å². The second kappa shape index (κ2) is 17.8. The number of fused-ring (bicyclic) bond motifs is 5. The number of benzene rings is 3. The second-order valence-corrected chi connectivity index (χ2v) is 19.5. The van der Waals surface area contributed by atoms with E-state index in [-0.39, 0.29) is 41.0 Å². The number of aromatic nitrogens is 5. The first-order valence-corrected chi connectivity index (χ1v) is 24.4. The van der Waals surface area contributed by atoms with Crippen molar-refractivity contribution in [3.05, 3.63) is 76.6 Å². The van der Waals surface area contributed by atoms with Crippen LogP contribution in [0.3, 0.4) is 0 Å². The van der Waals surface area contributed by atoms with Gasteiger partial charge in [-0.1, -0.05) is 31.2 Å². The number of phenolic OH excluding ortho intramolecular Hbond substituents is 1. The third-order valence-electron chi connectivity index (χ3n) is 15.4. The lowest BCUT2D eigenvalue weighted by atomic mass is 9.82. The van der Waals surface area contributed by atoms with Crippen molar-refractivity contribution in [2.24, 2.45) is 18.9 Å². The minimum atomic E-state index is -0.703. The van der Waals surface area contributed by atoms with Gasteiger partial charge in [0.25, 0.3) is 0 Å². The number of hydrogen-bond acceptors (Lipinski definition) is 12. The van der Waals surface area contributed by atoms with Gasteiger partial charge in [-0.05, 0) is 123 Å². The number of aryl methyl sites for hydroxylation is 2. The van der Waals surface area contributed by atoms with E-state index in [1.807, 2.05) is 30.3 Å². The first kappa shape index (κ1) is 43.4. The molecule has 6 aromatic rings. The third-order valence-corrected chi connectivity index (χ3v) is 15.4. The van der Waals surface area contributed by atoms with Gasteiger partial charge in [-0.3, -0.25) is 33.9 Å². The SMILES string of the molecule is CCc1cccc2cc(O)cc(-c3ncc4c(N5CC6CCC(C5)N6)nc(OCCN5CCC(CC6CCN(c7cccc8c7n(C)c(=O)n8C7CCC(=O)NC7=O)CC6)CC5)nc4c3F)c12. The topological polar surface area (TPSA) is 163 Å². The van der Waals surface area contributed by atoms with Crippen LogP contribution >= 0.6 is 0 Å². The zero-order chi connectivity index (χ0) is 45.9. The number of amides is 2. The largest absolute Gasteiger partial charge is 0.508 e. The maximum absolute atomic E-state index is 17.1. The lowest BCUT2D eigenvalue weighted by Gasteiger charge is -2.37. The highest BCUT2D eigenvalue weighted by Gasteiger charge is 2.36. The molecule has 0 radical (unpaired) electrons. The van der Waals surface area contributed by atoms with Gasteiger partial charge in [-0.25, -0.2) is 9.18 Å². The van der Waals surface area contributed by atoms with Crippen molar-refractivity contribution in [2.75, 3.05) is 62.2 Å². The molecule has 0 aliphatic carbocycles. The summed E-state index contributed by atoms with van der Waals surface area (Å²) >= 11 is 0. The molecule has 5 aliphatic rings. The van der Waals surface area contributed by atoms with E-state index in [1.165, 1.54) is 6.42 Å². The van der Waals surface area contributed by atoms with Crippen molar-refractivity contribution in [1.82, 2.24) is 39.6 Å². The van der Waals surface area contributed by atoms with Crippen molar-refractivity contribution in [1.29, 1.82) is 0 Å². The van der Waals surface area contributed by atoms with E-state index < -0.39 is 17.8 Å². The molecule has 8 heterocycles. The molecule has 0 spiro atoms. The molecule has 350 valence electrons. The molecule has 3 unspecified atom stereocenters. The number of imide groups is 1. The Bertz CT molecular complexity index is 2940. The second-order valence-electron chi connectivity index (χ2n) is 19.5. The Balaban J connectivity index is 0.736. The summed E-state index contributed by atoms with van der Waals surface area (Å²) in [7, 11) is 1.77. The number of nitrogens with zero attached hydrogens (tertiary/aromatic N) is 8. The molecule has 2 bridgehead atoms. The summed E-state index contributed by atoms with van der Waals surface area (Å²) in [6.07, 6.45) is 10.8. The number of piperidine rings is 3. The van der Waals surface area contributed by atoms with E-state index in [4.69, 9.17) is 19.7 Å². The number of ether oxygens (including phenoxy) is 1. The molecule has 3 aromatic heterocycles. The molecule has 3 atom stereocenters. The number of carbonyl (C=O) groups excluding carboxylic acids is 2. The fourth-order valence-corrected chi connectivity index (χ4v) is 12.0. The van der Waals surface area contributed by atoms with E-state index in [0.29, 0.717) is 53.7 Å². The molecular weight excluding hydrogens is 852 g/mol. The van der Waals surface area contributed by atoms with Crippen LogP contribution in [0.15, 0.2) is 59.5 Å². The van der Waals surface area contributed by atoms with Crippen LogP contribution in [0.5, 0.6) is 11.8 Å². The summed E-state index contributed by atoms with van der Waals surface area (Å²) in [6, 6.07) is 15.3. The summed E-state index contributed by atoms with van der Waals surface area (Å²) in [5.74, 6) is 0.709. The maximum atomic E-state index is 17.1. The number of pyridine rings is 1. The molecule has 11 rings (SSSR count). The number of halogens is 1. The van der Waals surface area contributed by atoms with Gasteiger partial charge in [0, 0.05) is 70.0 Å². The van der Waals surface area contributed by atoms with Crippen LogP contribution in [0, 0.1) is 17.7 Å². The first-order valence-electron chi connectivity index (χ1n) is 24.4. The molecule has 67 heavy (non-hydrogen) atoms. The number of carbonyl (C=O) groups is 2. The molecule has 16 heteroatoms. The number of piperazine rings is 1. The number of likely N-dealkylation sites (tertiary alicyclic amines) is 1. The normalized spacial score (nSPS) is 22.1. The molecule has 0 saturated carbocycles. The minimum Gasteiger partial charge on any atom is -0.508 e. The minimum absolute atomic E-state index is 0.0503. The summed E-state index contributed by atoms with van der Waals surface area (Å²) in [4.78, 5) is 59.6. The van der Waals surface area contributed by atoms with Gasteiger partial charge in [0.05, 0.1) is 22.1 Å². The van der Waals surface area contributed by atoms with Crippen LogP contribution in [0.4, 0.5) is 15.9 Å². The summed E-state index contributed by atoms with van der Waals surface area (Å²) < 4.78 is 26.6. The molecule has 5 saturated heterocycles. The van der Waals surface area contributed by atoms with Crippen molar-refractivity contribution in [3.63, 3.8) is 0 Å². The summed E-state index contributed by atoms with van der Waals surface area (Å²) in [6.45, 7) is 8.48. The Morgan fingerprint density at radius 2 is 1.63 bits per heavy atom. The van der Waals surface area contributed by atoms with E-state index in [2.05, 4.69) is 38.3 Å². The lowest BCUT2D eigenvalue weighted by Crippen LogP contribution is -2.51. The number of nitrogens with one attached hydrogen (secondary N) is 2. The van der Waals surface area contributed by atoms with Crippen LogP contribution in [0.25, 0.3) is 44.0 Å². The highest BCUT2D eigenvalue weighted by Crippen LogP contribution is 2.40. The quantitative estimate of drug-likeness (QED) is 0.126. The standard InChI is InChI=1S/C51H59FN10O5/c1-3-32-6-4-7-33-25-36(63)26-37(43(32)33)45-44(52)46-38(27-53-45)48(61-28-34-10-11-35(29-61)54-34)57-50(56-46)67-23-22-59-18-14-30(15-19-59)24-31-16-20-60(21-17-31)39-8-5-9-40-47(39)58(2)51(66)62(40)41-12-13-42(64)55-49(41)65/h4-9,25-27,30-31,34-35,41,54,63H,3,10-24,28-29H2,1-2H3,(H,55,64,65). The molecule has 3 aromatic carbocycles. The number of hydrogen-bond donors (Lipinski definition) is 3. The smallest absolute Gasteiger partial charge is 0.329 e. The molecule has 15 nitrogen and oxygen atoms in total. The molecule has 2 amide bonds. The van der Waals surface area contributed by atoms with Crippen LogP contribution < -0.4 is 30.9 Å². The Morgan fingerprint density at radius 1 is 0.881 bits per heavy atom. The Hall–Kier alpha value is -6.13. The van der Waals surface area contributed by atoms with E-state index in [0.717, 1.165) is 124 Å². The number of imidazole rings is 1. The van der Waals surface area contributed by atoms with Crippen molar-refractivity contribution in [2.45, 2.75) is 89.3 Å². The summed E-state index contributed by atoms with van der Waals surface area (Å²) in [5, 5.41) is 19.1. The predicted octanol–water partition coefficient (Wildman–Crippen LogP) is 6.22. The van der Waals surface area contributed by atoms with Crippen molar-refractivity contribution < 1.29 is 23.8 Å². The van der Waals surface area contributed by atoms with Gasteiger partial charge in [-0.15, -0.1) is 0 Å². The van der Waals surface area contributed by atoms with E-state index in [9.17, 15) is 19.5 Å². The van der Waals surface area contributed by atoms with Gasteiger partial charge < -0.3 is 25.0 Å². The number of para-hydroxylation sites is 1. The predicted molar refractivity (Wildman–Crippen MR) is 256 cm³/mol. The van der Waals surface area contributed by atoms with E-state index >= 15 is 4.39 Å². The first-order chi connectivity index (χ1) is 32.6. The van der Waals surface area contributed by atoms with Gasteiger partial charge in [-0.2, -0.15) is 9.97 Å². The van der Waals surface area contributed by atoms with Crippen LogP contribution in [0.1, 0.15) is 76.3 Å². The number of phenols is 1. The average molecular weight is 911 g/mol. The van der Waals surface area contributed by atoms with Gasteiger partial charge in [0.2, 0.25) is 11.8 Å². The highest BCUT2D eigenvalue weighted by atomic mass is 19.1. The monoisotopic (exact) mass is 910 g/mol. The average Bonchev–Trinajstić information content (AvgIpc) is 3.81. The van der Waals surface area contributed by atoms with Crippen LogP contribution in [-0.4, -0.2) is 110 Å². The fraction of sp³-hybridized carbons (Fsp3) is 0.490. The molecular formula is C51H59FN10O5. The maximum Gasteiger partial charge on any atom is 0.329 e. The van der Waals surface area contributed by atoms with Crippen molar-refractivity contribution >= 4 is 56.0 Å². The van der Waals surface area contributed by atoms with Crippen molar-refractivity contribution in [3.8, 4) is 23.0 Å². The van der Waals surface area contributed by atoms with Gasteiger partial charge >= 0.3 is 11.7 Å². The third kappa shape index (κ3) is 8.15. The summed E-state index contributed by atoms with van der Waals surface area (Å²) in [5.41, 5.74) is 4.21.